The first kappa shape index (κ1) is 15.3. The lowest BCUT2D eigenvalue weighted by molar-refractivity contribution is 0.285. The van der Waals surface area contributed by atoms with Crippen LogP contribution >= 0.6 is 27.5 Å². The van der Waals surface area contributed by atoms with Crippen LogP contribution in [-0.4, -0.2) is 25.8 Å². The molecule has 2 rings (SSSR count). The minimum atomic E-state index is -3.55. The van der Waals surface area contributed by atoms with Gasteiger partial charge in [-0.3, -0.25) is 0 Å². The van der Waals surface area contributed by atoms with Crippen LogP contribution < -0.4 is 0 Å². The summed E-state index contributed by atoms with van der Waals surface area (Å²) in [4.78, 5) is 0.171. The van der Waals surface area contributed by atoms with Gasteiger partial charge in [0.05, 0.1) is 5.02 Å². The van der Waals surface area contributed by atoms with Crippen LogP contribution in [-0.2, 0) is 10.0 Å². The number of halogens is 2. The summed E-state index contributed by atoms with van der Waals surface area (Å²) in [5.74, 6) is 0. The third kappa shape index (κ3) is 3.15. The predicted molar refractivity (Wildman–Crippen MR) is 81.0 cm³/mol. The van der Waals surface area contributed by atoms with Crippen molar-refractivity contribution in [3.8, 4) is 0 Å². The first-order valence-corrected chi connectivity index (χ1v) is 8.97. The zero-order valence-corrected chi connectivity index (χ0v) is 13.9. The summed E-state index contributed by atoms with van der Waals surface area (Å²) < 4.78 is 27.4. The van der Waals surface area contributed by atoms with Crippen molar-refractivity contribution in [2.75, 3.05) is 7.05 Å². The lowest BCUT2D eigenvalue weighted by atomic mass is 9.96. The van der Waals surface area contributed by atoms with Crippen LogP contribution in [0.3, 0.4) is 0 Å². The van der Waals surface area contributed by atoms with Crippen molar-refractivity contribution in [1.82, 2.24) is 4.31 Å². The van der Waals surface area contributed by atoms with Gasteiger partial charge in [-0.1, -0.05) is 36.9 Å². The average Bonchev–Trinajstić information content (AvgIpc) is 2.38. The van der Waals surface area contributed by atoms with E-state index in [9.17, 15) is 8.42 Å². The summed E-state index contributed by atoms with van der Waals surface area (Å²) in [5, 5.41) is 0.261. The normalized spacial score (nSPS) is 17.9. The number of rotatable bonds is 3. The second-order valence-electron chi connectivity index (χ2n) is 4.86. The lowest BCUT2D eigenvalue weighted by Crippen LogP contribution is -2.38. The topological polar surface area (TPSA) is 37.4 Å². The van der Waals surface area contributed by atoms with Crippen molar-refractivity contribution in [3.63, 3.8) is 0 Å². The van der Waals surface area contributed by atoms with Crippen LogP contribution in [0, 0.1) is 0 Å². The Kier molecular flexibility index (Phi) is 4.93. The molecule has 0 amide bonds. The van der Waals surface area contributed by atoms with Crippen LogP contribution in [0.5, 0.6) is 0 Å². The van der Waals surface area contributed by atoms with Gasteiger partial charge in [0.25, 0.3) is 0 Å². The van der Waals surface area contributed by atoms with Gasteiger partial charge in [0.2, 0.25) is 10.0 Å². The molecule has 19 heavy (non-hydrogen) atoms. The Labute approximate surface area is 128 Å². The minimum Gasteiger partial charge on any atom is -0.207 e. The maximum absolute atomic E-state index is 12.7. The molecule has 0 unspecified atom stereocenters. The molecule has 1 aromatic rings. The van der Waals surface area contributed by atoms with Crippen molar-refractivity contribution >= 4 is 37.6 Å². The van der Waals surface area contributed by atoms with E-state index in [0.717, 1.165) is 25.7 Å². The molecule has 0 radical (unpaired) electrons. The average molecular weight is 367 g/mol. The van der Waals surface area contributed by atoms with E-state index in [2.05, 4.69) is 15.9 Å². The second kappa shape index (κ2) is 6.12. The van der Waals surface area contributed by atoms with Gasteiger partial charge in [0.1, 0.15) is 4.90 Å². The molecule has 106 valence electrons. The van der Waals surface area contributed by atoms with Gasteiger partial charge >= 0.3 is 0 Å². The molecule has 0 spiro atoms. The highest BCUT2D eigenvalue weighted by molar-refractivity contribution is 9.10. The maximum Gasteiger partial charge on any atom is 0.245 e. The highest BCUT2D eigenvalue weighted by Gasteiger charge is 2.31. The summed E-state index contributed by atoms with van der Waals surface area (Å²) in [6.45, 7) is 0. The molecule has 0 aromatic heterocycles. The molecule has 3 nitrogen and oxygen atoms in total. The van der Waals surface area contributed by atoms with Gasteiger partial charge < -0.3 is 0 Å². The molecule has 1 aliphatic carbocycles. The van der Waals surface area contributed by atoms with Gasteiger partial charge in [0.15, 0.2) is 0 Å². The molecule has 0 atom stereocenters. The number of nitrogens with zero attached hydrogens (tertiary/aromatic N) is 1. The fourth-order valence-electron chi connectivity index (χ4n) is 2.51. The predicted octanol–water partition coefficient (Wildman–Crippen LogP) is 4.06. The summed E-state index contributed by atoms with van der Waals surface area (Å²) in [6.07, 6.45) is 5.23. The molecule has 1 aromatic carbocycles. The Morgan fingerprint density at radius 3 is 2.47 bits per heavy atom. The third-order valence-corrected chi connectivity index (χ3v) is 7.01. The number of hydrogen-bond acceptors (Lipinski definition) is 2. The van der Waals surface area contributed by atoms with Crippen LogP contribution in [0.2, 0.25) is 5.02 Å². The minimum absolute atomic E-state index is 0.0851. The van der Waals surface area contributed by atoms with Gasteiger partial charge in [-0.05, 0) is 40.9 Å². The fraction of sp³-hybridized carbons (Fsp3) is 0.538. The summed E-state index contributed by atoms with van der Waals surface area (Å²) >= 11 is 9.35. The molecular weight excluding hydrogens is 350 g/mol. The van der Waals surface area contributed by atoms with Gasteiger partial charge in [-0.2, -0.15) is 4.31 Å². The van der Waals surface area contributed by atoms with Crippen LogP contribution in [0.25, 0.3) is 0 Å². The van der Waals surface area contributed by atoms with Crippen molar-refractivity contribution < 1.29 is 8.42 Å². The van der Waals surface area contributed by atoms with Crippen molar-refractivity contribution in [2.45, 2.75) is 43.0 Å². The van der Waals surface area contributed by atoms with Crippen LogP contribution in [0.4, 0.5) is 0 Å². The first-order chi connectivity index (χ1) is 8.94. The highest BCUT2D eigenvalue weighted by Crippen LogP contribution is 2.34. The van der Waals surface area contributed by atoms with E-state index in [0.29, 0.717) is 4.47 Å². The van der Waals surface area contributed by atoms with E-state index in [1.165, 1.54) is 10.7 Å². The third-order valence-electron chi connectivity index (χ3n) is 3.64. The summed E-state index contributed by atoms with van der Waals surface area (Å²) in [5.41, 5.74) is 0. The standard InChI is InChI=1S/C13H17BrClNO2S/c1-16(10-6-3-2-4-7-10)19(17,18)13-11(14)8-5-9-12(13)15/h5,8-10H,2-4,6-7H2,1H3. The van der Waals surface area contributed by atoms with Crippen molar-refractivity contribution in [1.29, 1.82) is 0 Å². The first-order valence-electron chi connectivity index (χ1n) is 6.36. The van der Waals surface area contributed by atoms with E-state index < -0.39 is 10.0 Å². The second-order valence-corrected chi connectivity index (χ2v) is 8.06. The van der Waals surface area contributed by atoms with E-state index in [1.807, 2.05) is 0 Å². The lowest BCUT2D eigenvalue weighted by Gasteiger charge is -2.30. The molecule has 1 fully saturated rings. The fourth-order valence-corrected chi connectivity index (χ4v) is 5.60. The molecule has 0 aliphatic heterocycles. The van der Waals surface area contributed by atoms with Crippen LogP contribution in [0.1, 0.15) is 32.1 Å². The summed E-state index contributed by atoms with van der Waals surface area (Å²) in [6, 6.07) is 5.12. The van der Waals surface area contributed by atoms with Crippen molar-refractivity contribution in [3.05, 3.63) is 27.7 Å². The maximum atomic E-state index is 12.7. The van der Waals surface area contributed by atoms with E-state index >= 15 is 0 Å². The van der Waals surface area contributed by atoms with Crippen LogP contribution in [0.15, 0.2) is 27.6 Å². The quantitative estimate of drug-likeness (QED) is 0.809. The Hall–Kier alpha value is -0.100. The molecule has 0 N–H and O–H groups in total. The molecule has 0 heterocycles. The van der Waals surface area contributed by atoms with Crippen molar-refractivity contribution in [2.24, 2.45) is 0 Å². The number of sulfonamides is 1. The zero-order chi connectivity index (χ0) is 14.0. The molecular formula is C13H17BrClNO2S. The Bertz CT molecular complexity index is 536. The SMILES string of the molecule is CN(C1CCCCC1)S(=O)(=O)c1c(Cl)cccc1Br. The largest absolute Gasteiger partial charge is 0.245 e. The smallest absolute Gasteiger partial charge is 0.207 e. The number of hydrogen-bond donors (Lipinski definition) is 0. The molecule has 0 bridgehead atoms. The Morgan fingerprint density at radius 2 is 1.89 bits per heavy atom. The zero-order valence-electron chi connectivity index (χ0n) is 10.8. The van der Waals surface area contributed by atoms with Gasteiger partial charge in [-0.25, -0.2) is 8.42 Å². The summed E-state index contributed by atoms with van der Waals surface area (Å²) in [7, 11) is -1.89. The molecule has 0 saturated heterocycles. The molecule has 1 aliphatic rings. The van der Waals surface area contributed by atoms with Gasteiger partial charge in [0, 0.05) is 17.6 Å². The van der Waals surface area contributed by atoms with E-state index in [1.54, 1.807) is 25.2 Å². The Morgan fingerprint density at radius 1 is 1.26 bits per heavy atom. The molecule has 1 saturated carbocycles. The van der Waals surface area contributed by atoms with E-state index in [-0.39, 0.29) is 16.0 Å². The monoisotopic (exact) mass is 365 g/mol. The van der Waals surface area contributed by atoms with E-state index in [4.69, 9.17) is 11.6 Å². The number of benzene rings is 1. The van der Waals surface area contributed by atoms with Gasteiger partial charge in [-0.15, -0.1) is 0 Å². The molecule has 6 heteroatoms. The highest BCUT2D eigenvalue weighted by atomic mass is 79.9. The Balaban J connectivity index is 2.36.